The Bertz CT molecular complexity index is 241. The van der Waals surface area contributed by atoms with E-state index in [-0.39, 0.29) is 0 Å². The first-order valence-corrected chi connectivity index (χ1v) is 4.31. The van der Waals surface area contributed by atoms with Crippen molar-refractivity contribution in [2.24, 2.45) is 0 Å². The SMILES string of the molecule is Cc1cc(CCl)cc(C)c1C. The molecule has 0 amide bonds. The molecule has 0 aliphatic rings. The van der Waals surface area contributed by atoms with Crippen LogP contribution in [0.5, 0.6) is 0 Å². The van der Waals surface area contributed by atoms with E-state index in [0.29, 0.717) is 5.88 Å². The Morgan fingerprint density at radius 1 is 1.09 bits per heavy atom. The summed E-state index contributed by atoms with van der Waals surface area (Å²) in [5.74, 6) is 0.613. The van der Waals surface area contributed by atoms with Crippen LogP contribution in [0.1, 0.15) is 22.3 Å². The summed E-state index contributed by atoms with van der Waals surface area (Å²) in [5, 5.41) is 0. The van der Waals surface area contributed by atoms with Crippen LogP contribution >= 0.6 is 11.6 Å². The van der Waals surface area contributed by atoms with Crippen LogP contribution in [0.15, 0.2) is 12.1 Å². The van der Waals surface area contributed by atoms with E-state index in [1.165, 1.54) is 22.3 Å². The molecule has 0 radical (unpaired) electrons. The average Bonchev–Trinajstić information content (AvgIpc) is 1.99. The van der Waals surface area contributed by atoms with Crippen molar-refractivity contribution < 1.29 is 0 Å². The van der Waals surface area contributed by atoms with Crippen LogP contribution in [0.3, 0.4) is 0 Å². The molecule has 60 valence electrons. The fraction of sp³-hybridized carbons (Fsp3) is 0.400. The fourth-order valence-electron chi connectivity index (χ4n) is 1.20. The number of hydrogen-bond donors (Lipinski definition) is 0. The number of aryl methyl sites for hydroxylation is 2. The van der Waals surface area contributed by atoms with Crippen LogP contribution in [-0.2, 0) is 5.88 Å². The van der Waals surface area contributed by atoms with Crippen LogP contribution in [0, 0.1) is 20.8 Å². The van der Waals surface area contributed by atoms with Gasteiger partial charge in [0, 0.05) is 5.88 Å². The topological polar surface area (TPSA) is 0 Å². The summed E-state index contributed by atoms with van der Waals surface area (Å²) in [6, 6.07) is 4.30. The Labute approximate surface area is 73.2 Å². The third-order valence-electron chi connectivity index (χ3n) is 2.14. The molecule has 0 unspecified atom stereocenters. The van der Waals surface area contributed by atoms with E-state index in [0.717, 1.165) is 0 Å². The molecular formula is C10H13Cl. The number of rotatable bonds is 1. The van der Waals surface area contributed by atoms with E-state index in [2.05, 4.69) is 32.9 Å². The molecule has 0 bridgehead atoms. The van der Waals surface area contributed by atoms with Gasteiger partial charge in [-0.1, -0.05) is 12.1 Å². The molecule has 0 aromatic heterocycles. The standard InChI is InChI=1S/C10H13Cl/c1-7-4-10(6-11)5-8(2)9(7)3/h4-5H,6H2,1-3H3. The zero-order valence-corrected chi connectivity index (χ0v) is 8.00. The van der Waals surface area contributed by atoms with Gasteiger partial charge in [-0.2, -0.15) is 0 Å². The summed E-state index contributed by atoms with van der Waals surface area (Å²) in [5.41, 5.74) is 5.26. The van der Waals surface area contributed by atoms with Crippen molar-refractivity contribution in [3.63, 3.8) is 0 Å². The summed E-state index contributed by atoms with van der Waals surface area (Å²) >= 11 is 5.72. The summed E-state index contributed by atoms with van der Waals surface area (Å²) in [7, 11) is 0. The monoisotopic (exact) mass is 168 g/mol. The van der Waals surface area contributed by atoms with E-state index in [1.807, 2.05) is 0 Å². The Morgan fingerprint density at radius 2 is 1.55 bits per heavy atom. The normalized spacial score (nSPS) is 10.2. The lowest BCUT2D eigenvalue weighted by molar-refractivity contribution is 1.22. The molecule has 11 heavy (non-hydrogen) atoms. The van der Waals surface area contributed by atoms with Gasteiger partial charge in [0.15, 0.2) is 0 Å². The molecule has 0 atom stereocenters. The lowest BCUT2D eigenvalue weighted by atomic mass is 10.0. The minimum atomic E-state index is 0.613. The van der Waals surface area contributed by atoms with Crippen molar-refractivity contribution in [2.75, 3.05) is 0 Å². The molecule has 0 fully saturated rings. The predicted molar refractivity (Wildman–Crippen MR) is 50.2 cm³/mol. The van der Waals surface area contributed by atoms with Crippen molar-refractivity contribution in [2.45, 2.75) is 26.7 Å². The quantitative estimate of drug-likeness (QED) is 0.565. The van der Waals surface area contributed by atoms with Crippen LogP contribution in [0.25, 0.3) is 0 Å². The highest BCUT2D eigenvalue weighted by Crippen LogP contribution is 2.16. The second kappa shape index (κ2) is 3.27. The largest absolute Gasteiger partial charge is 0.122 e. The molecule has 0 saturated heterocycles. The molecule has 1 aromatic carbocycles. The van der Waals surface area contributed by atoms with Gasteiger partial charge in [-0.3, -0.25) is 0 Å². The van der Waals surface area contributed by atoms with Gasteiger partial charge in [-0.05, 0) is 43.0 Å². The van der Waals surface area contributed by atoms with Gasteiger partial charge in [0.05, 0.1) is 0 Å². The summed E-state index contributed by atoms with van der Waals surface area (Å²) < 4.78 is 0. The molecule has 0 aliphatic carbocycles. The maximum atomic E-state index is 5.72. The lowest BCUT2D eigenvalue weighted by Crippen LogP contribution is -1.89. The number of hydrogen-bond acceptors (Lipinski definition) is 0. The molecule has 1 heteroatoms. The number of benzene rings is 1. The molecule has 0 saturated carbocycles. The predicted octanol–water partition coefficient (Wildman–Crippen LogP) is 3.35. The van der Waals surface area contributed by atoms with Gasteiger partial charge in [-0.25, -0.2) is 0 Å². The summed E-state index contributed by atoms with van der Waals surface area (Å²) in [4.78, 5) is 0. The van der Waals surface area contributed by atoms with Gasteiger partial charge in [-0.15, -0.1) is 11.6 Å². The summed E-state index contributed by atoms with van der Waals surface area (Å²) in [6.45, 7) is 6.39. The van der Waals surface area contributed by atoms with E-state index in [9.17, 15) is 0 Å². The average molecular weight is 169 g/mol. The van der Waals surface area contributed by atoms with Crippen LogP contribution < -0.4 is 0 Å². The Kier molecular flexibility index (Phi) is 2.56. The maximum absolute atomic E-state index is 5.72. The zero-order valence-electron chi connectivity index (χ0n) is 7.24. The van der Waals surface area contributed by atoms with E-state index < -0.39 is 0 Å². The summed E-state index contributed by atoms with van der Waals surface area (Å²) in [6.07, 6.45) is 0. The third kappa shape index (κ3) is 1.75. The molecule has 0 aliphatic heterocycles. The fourth-order valence-corrected chi connectivity index (χ4v) is 1.36. The molecule has 0 N–H and O–H groups in total. The molecule has 1 aromatic rings. The van der Waals surface area contributed by atoms with Gasteiger partial charge in [0.2, 0.25) is 0 Å². The molecule has 0 nitrogen and oxygen atoms in total. The van der Waals surface area contributed by atoms with E-state index in [1.54, 1.807) is 0 Å². The minimum Gasteiger partial charge on any atom is -0.122 e. The van der Waals surface area contributed by atoms with Crippen LogP contribution in [0.4, 0.5) is 0 Å². The highest BCUT2D eigenvalue weighted by molar-refractivity contribution is 6.17. The van der Waals surface area contributed by atoms with E-state index >= 15 is 0 Å². The maximum Gasteiger partial charge on any atom is 0.0474 e. The van der Waals surface area contributed by atoms with Gasteiger partial charge in [0.25, 0.3) is 0 Å². The number of halogens is 1. The first-order chi connectivity index (χ1) is 5.15. The van der Waals surface area contributed by atoms with Crippen molar-refractivity contribution >= 4 is 11.6 Å². The highest BCUT2D eigenvalue weighted by atomic mass is 35.5. The zero-order chi connectivity index (χ0) is 8.43. The van der Waals surface area contributed by atoms with Gasteiger partial charge < -0.3 is 0 Å². The van der Waals surface area contributed by atoms with Gasteiger partial charge in [0.1, 0.15) is 0 Å². The van der Waals surface area contributed by atoms with Gasteiger partial charge >= 0.3 is 0 Å². The third-order valence-corrected chi connectivity index (χ3v) is 2.45. The second-order valence-electron chi connectivity index (χ2n) is 2.99. The number of alkyl halides is 1. The first-order valence-electron chi connectivity index (χ1n) is 3.78. The van der Waals surface area contributed by atoms with E-state index in [4.69, 9.17) is 11.6 Å². The lowest BCUT2D eigenvalue weighted by Gasteiger charge is -2.06. The second-order valence-corrected chi connectivity index (χ2v) is 3.26. The Morgan fingerprint density at radius 3 is 1.91 bits per heavy atom. The van der Waals surface area contributed by atoms with Crippen LogP contribution in [-0.4, -0.2) is 0 Å². The molecule has 1 rings (SSSR count). The molecule has 0 spiro atoms. The highest BCUT2D eigenvalue weighted by Gasteiger charge is 1.98. The van der Waals surface area contributed by atoms with Crippen LogP contribution in [0.2, 0.25) is 0 Å². The van der Waals surface area contributed by atoms with Crippen molar-refractivity contribution in [1.82, 2.24) is 0 Å². The van der Waals surface area contributed by atoms with Crippen molar-refractivity contribution in [3.05, 3.63) is 34.4 Å². The van der Waals surface area contributed by atoms with Crippen molar-refractivity contribution in [3.8, 4) is 0 Å². The smallest absolute Gasteiger partial charge is 0.0474 e. The minimum absolute atomic E-state index is 0.613. The van der Waals surface area contributed by atoms with Crippen molar-refractivity contribution in [1.29, 1.82) is 0 Å². The first kappa shape index (κ1) is 8.61. The Balaban J connectivity index is 3.21. The molecule has 0 heterocycles. The molecular weight excluding hydrogens is 156 g/mol. The Hall–Kier alpha value is -0.490.